The van der Waals surface area contributed by atoms with Crippen molar-refractivity contribution in [3.8, 4) is 0 Å². The summed E-state index contributed by atoms with van der Waals surface area (Å²) in [5.41, 5.74) is 0.0966. The van der Waals surface area contributed by atoms with Gasteiger partial charge in [0, 0.05) is 6.54 Å². The van der Waals surface area contributed by atoms with Gasteiger partial charge in [0.1, 0.15) is 0 Å². The summed E-state index contributed by atoms with van der Waals surface area (Å²) in [5.74, 6) is 0. The molecule has 1 heterocycles. The molecule has 0 aromatic heterocycles. The molecule has 0 aliphatic carbocycles. The fraction of sp³-hybridized carbons (Fsp3) is 0.857. The number of rotatable bonds is 2. The van der Waals surface area contributed by atoms with Gasteiger partial charge in [-0.05, 0) is 32.0 Å². The van der Waals surface area contributed by atoms with Gasteiger partial charge in [-0.15, -0.1) is 4.91 Å². The van der Waals surface area contributed by atoms with Gasteiger partial charge in [-0.3, -0.25) is 10.3 Å². The molecule has 0 saturated carbocycles. The summed E-state index contributed by atoms with van der Waals surface area (Å²) in [4.78, 5) is 14.7. The molecule has 0 fully saturated rings. The summed E-state index contributed by atoms with van der Waals surface area (Å²) in [6, 6.07) is 0. The molecule has 0 amide bonds. The lowest BCUT2D eigenvalue weighted by Crippen LogP contribution is -2.49. The molecule has 0 saturated heterocycles. The van der Waals surface area contributed by atoms with Crippen molar-refractivity contribution < 1.29 is 0 Å². The number of nitrogens with one attached hydrogen (secondary N) is 1. The van der Waals surface area contributed by atoms with Crippen LogP contribution in [0.2, 0.25) is 0 Å². The first-order valence-electron chi connectivity index (χ1n) is 3.80. The molecule has 0 radical (unpaired) electrons. The average Bonchev–Trinajstić information content (AvgIpc) is 2.06. The molecule has 1 N–H and O–H groups in total. The molecule has 1 unspecified atom stereocenters. The molecule has 1 atom stereocenters. The predicted molar refractivity (Wildman–Crippen MR) is 44.8 cm³/mol. The number of nitroso groups, excluding NO2 is 1. The van der Waals surface area contributed by atoms with E-state index in [4.69, 9.17) is 0 Å². The highest BCUT2D eigenvalue weighted by molar-refractivity contribution is 5.91. The van der Waals surface area contributed by atoms with Crippen molar-refractivity contribution in [1.29, 1.82) is 0 Å². The van der Waals surface area contributed by atoms with Crippen molar-refractivity contribution in [2.24, 2.45) is 10.2 Å². The highest BCUT2D eigenvalue weighted by Crippen LogP contribution is 2.20. The number of hydrogen-bond donors (Lipinski definition) is 1. The maximum atomic E-state index is 10.5. The smallest absolute Gasteiger partial charge is 0.190 e. The van der Waals surface area contributed by atoms with Crippen LogP contribution < -0.4 is 5.32 Å². The highest BCUT2D eigenvalue weighted by atomic mass is 16.3. The van der Waals surface area contributed by atoms with Crippen LogP contribution in [0.3, 0.4) is 0 Å². The Hall–Kier alpha value is -0.770. The van der Waals surface area contributed by atoms with Gasteiger partial charge in [0.05, 0.1) is 5.71 Å². The maximum absolute atomic E-state index is 10.5. The monoisotopic (exact) mass is 155 g/mol. The van der Waals surface area contributed by atoms with Gasteiger partial charge in [0.25, 0.3) is 0 Å². The molecule has 11 heavy (non-hydrogen) atoms. The van der Waals surface area contributed by atoms with Crippen molar-refractivity contribution >= 4 is 5.71 Å². The van der Waals surface area contributed by atoms with E-state index in [9.17, 15) is 4.91 Å². The first kappa shape index (κ1) is 8.33. The normalized spacial score (nSPS) is 31.3. The van der Waals surface area contributed by atoms with E-state index in [2.05, 4.69) is 15.5 Å². The van der Waals surface area contributed by atoms with E-state index in [-0.39, 0.29) is 0 Å². The molecule has 1 aliphatic heterocycles. The van der Waals surface area contributed by atoms with Gasteiger partial charge in [0.15, 0.2) is 5.66 Å². The van der Waals surface area contributed by atoms with Gasteiger partial charge in [-0.2, -0.15) is 0 Å². The van der Waals surface area contributed by atoms with Crippen molar-refractivity contribution in [2.75, 3.05) is 13.6 Å². The van der Waals surface area contributed by atoms with E-state index in [0.717, 1.165) is 25.1 Å². The lowest BCUT2D eigenvalue weighted by molar-refractivity contribution is 0.421. The van der Waals surface area contributed by atoms with E-state index in [0.29, 0.717) is 0 Å². The van der Waals surface area contributed by atoms with Gasteiger partial charge in [-0.1, -0.05) is 0 Å². The van der Waals surface area contributed by atoms with Crippen LogP contribution in [0.1, 0.15) is 19.8 Å². The van der Waals surface area contributed by atoms with Gasteiger partial charge in [0.2, 0.25) is 0 Å². The van der Waals surface area contributed by atoms with E-state index < -0.39 is 5.66 Å². The van der Waals surface area contributed by atoms with Crippen LogP contribution in [0.15, 0.2) is 10.2 Å². The quantitative estimate of drug-likeness (QED) is 0.603. The Bertz CT molecular complexity index is 190. The third-order valence-electron chi connectivity index (χ3n) is 2.21. The zero-order valence-corrected chi connectivity index (χ0v) is 6.92. The van der Waals surface area contributed by atoms with Crippen molar-refractivity contribution in [3.63, 3.8) is 0 Å². The molecule has 4 nitrogen and oxygen atoms in total. The largest absolute Gasteiger partial charge is 0.290 e. The summed E-state index contributed by atoms with van der Waals surface area (Å²) in [7, 11) is 1.74. The summed E-state index contributed by atoms with van der Waals surface area (Å²) in [5, 5.41) is 5.99. The third-order valence-corrected chi connectivity index (χ3v) is 2.21. The third kappa shape index (κ3) is 1.30. The average molecular weight is 155 g/mol. The fourth-order valence-electron chi connectivity index (χ4n) is 1.36. The van der Waals surface area contributed by atoms with Crippen LogP contribution >= 0.6 is 0 Å². The second-order valence-electron chi connectivity index (χ2n) is 2.77. The standard InChI is InChI=1S/C7H13N3O/c1-6-7(8-2,10-11)4-3-5-9-6/h8H,3-5H2,1-2H3. The summed E-state index contributed by atoms with van der Waals surface area (Å²) < 4.78 is 0. The van der Waals surface area contributed by atoms with Crippen LogP contribution in [-0.2, 0) is 0 Å². The second-order valence-corrected chi connectivity index (χ2v) is 2.77. The van der Waals surface area contributed by atoms with Crippen LogP contribution in [0, 0.1) is 4.91 Å². The van der Waals surface area contributed by atoms with Crippen LogP contribution in [0.4, 0.5) is 0 Å². The highest BCUT2D eigenvalue weighted by Gasteiger charge is 2.34. The molecule has 0 spiro atoms. The number of nitrogens with zero attached hydrogens (tertiary/aromatic N) is 2. The van der Waals surface area contributed by atoms with Crippen molar-refractivity contribution in [2.45, 2.75) is 25.4 Å². The fourth-order valence-corrected chi connectivity index (χ4v) is 1.36. The summed E-state index contributed by atoms with van der Waals surface area (Å²) in [6.07, 6.45) is 1.70. The molecule has 62 valence electrons. The zero-order chi connectivity index (χ0) is 8.32. The number of aliphatic imine (C=N–C) groups is 1. The molecular formula is C7H13N3O. The predicted octanol–water partition coefficient (Wildman–Crippen LogP) is 0.923. The van der Waals surface area contributed by atoms with E-state index >= 15 is 0 Å². The SMILES string of the molecule is CNC1(N=O)CCCN=C1C. The molecule has 1 rings (SSSR count). The lowest BCUT2D eigenvalue weighted by Gasteiger charge is -2.28. The summed E-state index contributed by atoms with van der Waals surface area (Å²) >= 11 is 0. The lowest BCUT2D eigenvalue weighted by atomic mass is 9.97. The van der Waals surface area contributed by atoms with Crippen molar-refractivity contribution in [1.82, 2.24) is 5.32 Å². The Kier molecular flexibility index (Phi) is 2.34. The van der Waals surface area contributed by atoms with Crippen LogP contribution in [0.25, 0.3) is 0 Å². The Morgan fingerprint density at radius 2 is 2.45 bits per heavy atom. The minimum absolute atomic E-state index is 0.710. The Balaban J connectivity index is 2.88. The van der Waals surface area contributed by atoms with Crippen LogP contribution in [-0.4, -0.2) is 25.0 Å². The Morgan fingerprint density at radius 1 is 1.73 bits per heavy atom. The Labute approximate surface area is 66.1 Å². The first-order chi connectivity index (χ1) is 5.25. The van der Waals surface area contributed by atoms with E-state index in [1.807, 2.05) is 6.92 Å². The van der Waals surface area contributed by atoms with E-state index in [1.165, 1.54) is 0 Å². The molecule has 4 heteroatoms. The minimum Gasteiger partial charge on any atom is -0.290 e. The molecular weight excluding hydrogens is 142 g/mol. The van der Waals surface area contributed by atoms with Gasteiger partial charge >= 0.3 is 0 Å². The summed E-state index contributed by atoms with van der Waals surface area (Å²) in [6.45, 7) is 2.67. The minimum atomic E-state index is -0.710. The topological polar surface area (TPSA) is 53.8 Å². The van der Waals surface area contributed by atoms with Crippen LogP contribution in [0.5, 0.6) is 0 Å². The Morgan fingerprint density at radius 3 is 2.82 bits per heavy atom. The first-order valence-corrected chi connectivity index (χ1v) is 3.80. The van der Waals surface area contributed by atoms with Gasteiger partial charge in [-0.25, -0.2) is 0 Å². The van der Waals surface area contributed by atoms with Gasteiger partial charge < -0.3 is 0 Å². The second kappa shape index (κ2) is 3.09. The molecule has 0 bridgehead atoms. The molecule has 0 aromatic carbocycles. The van der Waals surface area contributed by atoms with E-state index in [1.54, 1.807) is 7.05 Å². The molecule has 1 aliphatic rings. The number of hydrogen-bond acceptors (Lipinski definition) is 4. The van der Waals surface area contributed by atoms with Crippen molar-refractivity contribution in [3.05, 3.63) is 4.91 Å². The maximum Gasteiger partial charge on any atom is 0.190 e. The zero-order valence-electron chi connectivity index (χ0n) is 6.92. The molecule has 0 aromatic rings.